The van der Waals surface area contributed by atoms with E-state index in [1.54, 1.807) is 6.07 Å². The molecule has 0 radical (unpaired) electrons. The maximum absolute atomic E-state index is 9.93. The van der Waals surface area contributed by atoms with Crippen LogP contribution in [0.1, 0.15) is 42.0 Å². The normalized spacial score (nSPS) is 15.0. The summed E-state index contributed by atoms with van der Waals surface area (Å²) in [5, 5.41) is 33.9. The largest absolute Gasteiger partial charge is 0.488 e. The van der Waals surface area contributed by atoms with Crippen LogP contribution in [-0.2, 0) is 12.6 Å². The zero-order chi connectivity index (χ0) is 24.6. The molecule has 1 aliphatic carbocycles. The summed E-state index contributed by atoms with van der Waals surface area (Å²) in [6.07, 6.45) is 4.33. The van der Waals surface area contributed by atoms with Crippen LogP contribution in [0.2, 0.25) is 0 Å². The third kappa shape index (κ3) is 4.74. The van der Waals surface area contributed by atoms with Crippen LogP contribution in [0.15, 0.2) is 77.3 Å². The predicted molar refractivity (Wildman–Crippen MR) is 131 cm³/mol. The van der Waals surface area contributed by atoms with E-state index in [4.69, 9.17) is 9.26 Å². The van der Waals surface area contributed by atoms with Gasteiger partial charge < -0.3 is 24.6 Å². The van der Waals surface area contributed by atoms with Gasteiger partial charge in [0.2, 0.25) is 5.82 Å². The van der Waals surface area contributed by atoms with Gasteiger partial charge in [-0.3, -0.25) is 0 Å². The van der Waals surface area contributed by atoms with Crippen molar-refractivity contribution in [3.8, 4) is 28.6 Å². The Labute approximate surface area is 203 Å². The minimum absolute atomic E-state index is 0.124. The van der Waals surface area contributed by atoms with Crippen LogP contribution in [0.4, 0.5) is 0 Å². The minimum atomic E-state index is -3.10. The van der Waals surface area contributed by atoms with Gasteiger partial charge in [0.25, 0.3) is 5.89 Å². The van der Waals surface area contributed by atoms with E-state index in [0.717, 1.165) is 16.7 Å². The smallest absolute Gasteiger partial charge is 0.308 e. The van der Waals surface area contributed by atoms with E-state index in [1.165, 1.54) is 17.7 Å². The lowest BCUT2D eigenvalue weighted by Gasteiger charge is -2.19. The van der Waals surface area contributed by atoms with Crippen LogP contribution in [0.25, 0.3) is 28.9 Å². The summed E-state index contributed by atoms with van der Waals surface area (Å²) in [5.41, 5.74) is 4.32. The van der Waals surface area contributed by atoms with Gasteiger partial charge in [0.05, 0.1) is 5.56 Å². The van der Waals surface area contributed by atoms with E-state index in [9.17, 15) is 15.3 Å². The summed E-state index contributed by atoms with van der Waals surface area (Å²) in [6.45, 7) is 4.60. The minimum Gasteiger partial charge on any atom is -0.488 e. The van der Waals surface area contributed by atoms with Crippen LogP contribution < -0.4 is 4.74 Å². The van der Waals surface area contributed by atoms with E-state index in [2.05, 4.69) is 42.2 Å². The highest BCUT2D eigenvalue weighted by molar-refractivity contribution is 5.70. The molecule has 4 aromatic rings. The summed E-state index contributed by atoms with van der Waals surface area (Å²) < 4.78 is 11.2. The molecule has 1 aromatic heterocycles. The highest BCUT2D eigenvalue weighted by Crippen LogP contribution is 2.38. The van der Waals surface area contributed by atoms with Crippen molar-refractivity contribution in [3.63, 3.8) is 0 Å². The summed E-state index contributed by atoms with van der Waals surface area (Å²) >= 11 is 0. The fourth-order valence-corrected chi connectivity index (χ4v) is 4.30. The number of aromatic nitrogens is 2. The second-order valence-electron chi connectivity index (χ2n) is 9.02. The van der Waals surface area contributed by atoms with Crippen molar-refractivity contribution in [1.29, 1.82) is 0 Å². The molecule has 0 bridgehead atoms. The summed E-state index contributed by atoms with van der Waals surface area (Å²) in [5.74, 6) is -1.48. The molecular formula is C28H26N2O5. The second-order valence-corrected chi connectivity index (χ2v) is 9.02. The van der Waals surface area contributed by atoms with E-state index < -0.39 is 5.97 Å². The fourth-order valence-electron chi connectivity index (χ4n) is 4.30. The quantitative estimate of drug-likeness (QED) is 0.332. The highest BCUT2D eigenvalue weighted by atomic mass is 16.7. The molecule has 0 aliphatic heterocycles. The van der Waals surface area contributed by atoms with Crippen molar-refractivity contribution in [2.75, 3.05) is 0 Å². The number of hydrogen-bond donors (Lipinski definition) is 3. The monoisotopic (exact) mass is 470 g/mol. The molecule has 1 atom stereocenters. The molecule has 3 aromatic carbocycles. The van der Waals surface area contributed by atoms with Gasteiger partial charge in [-0.15, -0.1) is 0 Å². The van der Waals surface area contributed by atoms with Crippen molar-refractivity contribution >= 4 is 6.08 Å². The van der Waals surface area contributed by atoms with Gasteiger partial charge in [-0.2, -0.15) is 4.98 Å². The SMILES string of the molecule is CC(C)C1C=Cc2cc(-c3nc(-c4ccc(OCc5ccccc5)c(C(O)(O)O)c4)no3)ccc21. The molecule has 7 nitrogen and oxygen atoms in total. The lowest BCUT2D eigenvalue weighted by atomic mass is 9.90. The molecular weight excluding hydrogens is 444 g/mol. The first-order valence-electron chi connectivity index (χ1n) is 11.4. The number of hydrogen-bond acceptors (Lipinski definition) is 7. The number of benzene rings is 3. The second kappa shape index (κ2) is 9.11. The molecule has 3 N–H and O–H groups in total. The van der Waals surface area contributed by atoms with Gasteiger partial charge >= 0.3 is 5.97 Å². The van der Waals surface area contributed by atoms with Crippen molar-refractivity contribution in [2.45, 2.75) is 32.3 Å². The zero-order valence-corrected chi connectivity index (χ0v) is 19.4. The Hall–Kier alpha value is -3.78. The molecule has 1 heterocycles. The Morgan fingerprint density at radius 3 is 2.49 bits per heavy atom. The maximum Gasteiger partial charge on any atom is 0.308 e. The van der Waals surface area contributed by atoms with Crippen LogP contribution in [0.3, 0.4) is 0 Å². The first-order valence-corrected chi connectivity index (χ1v) is 11.4. The average molecular weight is 471 g/mol. The van der Waals surface area contributed by atoms with Crippen molar-refractivity contribution in [3.05, 3.63) is 95.1 Å². The summed E-state index contributed by atoms with van der Waals surface area (Å²) in [4.78, 5) is 4.49. The van der Waals surface area contributed by atoms with Crippen LogP contribution in [0.5, 0.6) is 5.75 Å². The lowest BCUT2D eigenvalue weighted by Crippen LogP contribution is -2.25. The Morgan fingerprint density at radius 2 is 1.74 bits per heavy atom. The van der Waals surface area contributed by atoms with Crippen LogP contribution in [-0.4, -0.2) is 25.5 Å². The van der Waals surface area contributed by atoms with Gasteiger partial charge in [0.15, 0.2) is 0 Å². The molecule has 0 spiro atoms. The van der Waals surface area contributed by atoms with E-state index >= 15 is 0 Å². The van der Waals surface area contributed by atoms with Crippen LogP contribution in [0, 0.1) is 5.92 Å². The fraction of sp³-hybridized carbons (Fsp3) is 0.214. The standard InChI is InChI=1S/C28H26N2O5/c1-17(2)22-11-8-19-14-21(9-12-23(19)22)27-29-26(30-35-27)20-10-13-25(24(15-20)28(31,32)33)34-16-18-6-4-3-5-7-18/h3-15,17,22,31-33H,16H2,1-2H3. The van der Waals surface area contributed by atoms with Gasteiger partial charge in [0.1, 0.15) is 12.4 Å². The van der Waals surface area contributed by atoms with E-state index in [1.807, 2.05) is 42.5 Å². The third-order valence-corrected chi connectivity index (χ3v) is 6.16. The first kappa shape index (κ1) is 23.0. The molecule has 178 valence electrons. The van der Waals surface area contributed by atoms with E-state index in [-0.39, 0.29) is 23.7 Å². The molecule has 0 saturated carbocycles. The number of allylic oxidation sites excluding steroid dienone is 1. The Bertz CT molecular complexity index is 1370. The molecule has 35 heavy (non-hydrogen) atoms. The summed E-state index contributed by atoms with van der Waals surface area (Å²) in [6, 6.07) is 20.1. The first-order chi connectivity index (χ1) is 16.8. The molecule has 5 rings (SSSR count). The Kier molecular flexibility index (Phi) is 5.98. The van der Waals surface area contributed by atoms with E-state index in [0.29, 0.717) is 23.3 Å². The Morgan fingerprint density at radius 1 is 0.971 bits per heavy atom. The zero-order valence-electron chi connectivity index (χ0n) is 19.4. The van der Waals surface area contributed by atoms with Crippen LogP contribution >= 0.6 is 0 Å². The predicted octanol–water partition coefficient (Wildman–Crippen LogP) is 4.84. The maximum atomic E-state index is 9.93. The number of ether oxygens (including phenoxy) is 1. The van der Waals surface area contributed by atoms with Crippen molar-refractivity contribution in [2.24, 2.45) is 5.92 Å². The molecule has 0 fully saturated rings. The number of fused-ring (bicyclic) bond motifs is 1. The van der Waals surface area contributed by atoms with Crippen molar-refractivity contribution in [1.82, 2.24) is 10.1 Å². The molecule has 1 unspecified atom stereocenters. The summed E-state index contributed by atoms with van der Waals surface area (Å²) in [7, 11) is 0. The molecule has 7 heteroatoms. The highest BCUT2D eigenvalue weighted by Gasteiger charge is 2.28. The average Bonchev–Trinajstić information content (AvgIpc) is 3.50. The Balaban J connectivity index is 1.41. The number of rotatable bonds is 7. The molecule has 1 aliphatic rings. The van der Waals surface area contributed by atoms with Gasteiger partial charge in [-0.1, -0.05) is 67.6 Å². The van der Waals surface area contributed by atoms with Crippen molar-refractivity contribution < 1.29 is 24.6 Å². The number of nitrogens with zero attached hydrogens (tertiary/aromatic N) is 2. The third-order valence-electron chi connectivity index (χ3n) is 6.16. The molecule has 0 saturated heterocycles. The van der Waals surface area contributed by atoms with Gasteiger partial charge in [0, 0.05) is 17.0 Å². The van der Waals surface area contributed by atoms with Gasteiger partial charge in [-0.25, -0.2) is 0 Å². The van der Waals surface area contributed by atoms with Gasteiger partial charge in [-0.05, 0) is 52.9 Å². The lowest BCUT2D eigenvalue weighted by molar-refractivity contribution is -0.324. The number of aliphatic hydroxyl groups is 3. The molecule has 0 amide bonds. The topological polar surface area (TPSA) is 109 Å².